The molecule has 0 unspecified atom stereocenters. The Kier molecular flexibility index (Phi) is 14.0. The molecule has 0 fully saturated rings. The lowest BCUT2D eigenvalue weighted by atomic mass is 10.5. The highest BCUT2D eigenvalue weighted by molar-refractivity contribution is 7.59. The molecule has 0 aromatic rings. The lowest BCUT2D eigenvalue weighted by molar-refractivity contribution is 0.303. The lowest BCUT2D eigenvalue weighted by Gasteiger charge is -1.73. The Labute approximate surface area is 45.1 Å². The summed E-state index contributed by atoms with van der Waals surface area (Å²) in [6, 6.07) is 0. The molecular formula is C4H10OS. The largest absolute Gasteiger partial charge is 0.396 e. The van der Waals surface area contributed by atoms with Crippen LogP contribution in [0, 0.1) is 0 Å². The summed E-state index contributed by atoms with van der Waals surface area (Å²) in [6.45, 7) is 3.62. The van der Waals surface area contributed by atoms with Crippen molar-refractivity contribution in [1.29, 1.82) is 0 Å². The molecule has 2 heteroatoms. The number of aliphatic hydroxyl groups is 1. The first-order valence-corrected chi connectivity index (χ1v) is 1.63. The van der Waals surface area contributed by atoms with E-state index in [4.69, 9.17) is 5.11 Å². The molecule has 0 radical (unpaired) electrons. The summed E-state index contributed by atoms with van der Waals surface area (Å²) in [5.41, 5.74) is 0. The van der Waals surface area contributed by atoms with Crippen molar-refractivity contribution in [2.75, 3.05) is 6.61 Å². The Morgan fingerprint density at radius 1 is 1.67 bits per heavy atom. The lowest BCUT2D eigenvalue weighted by Crippen LogP contribution is -1.71. The quantitative estimate of drug-likeness (QED) is 0.513. The highest BCUT2D eigenvalue weighted by Crippen LogP contribution is 1.69. The monoisotopic (exact) mass is 106 g/mol. The van der Waals surface area contributed by atoms with E-state index in [1.165, 1.54) is 0 Å². The van der Waals surface area contributed by atoms with Crippen LogP contribution in [-0.4, -0.2) is 11.7 Å². The fourth-order valence-electron chi connectivity index (χ4n) is 0.0913. The number of aliphatic hydroxyl groups excluding tert-OH is 1. The van der Waals surface area contributed by atoms with Gasteiger partial charge in [0.25, 0.3) is 0 Å². The average Bonchev–Trinajstić information content (AvgIpc) is 1.41. The molecule has 1 nitrogen and oxygen atoms in total. The fourth-order valence-corrected chi connectivity index (χ4v) is 0.0913. The molecule has 6 heavy (non-hydrogen) atoms. The Bertz CT molecular complexity index is 28.7. The van der Waals surface area contributed by atoms with Gasteiger partial charge in [-0.25, -0.2) is 0 Å². The first-order valence-electron chi connectivity index (χ1n) is 1.63. The van der Waals surface area contributed by atoms with Crippen LogP contribution in [0.3, 0.4) is 0 Å². The van der Waals surface area contributed by atoms with Crippen LogP contribution in [0.2, 0.25) is 0 Å². The Balaban J connectivity index is 0. The smallest absolute Gasteiger partial charge is 0.0465 e. The molecular weight excluding hydrogens is 96.1 g/mol. The summed E-state index contributed by atoms with van der Waals surface area (Å²) in [6.07, 6.45) is 2.39. The van der Waals surface area contributed by atoms with Gasteiger partial charge in [-0.3, -0.25) is 0 Å². The molecule has 0 aromatic carbocycles. The minimum absolute atomic E-state index is 0. The maximum absolute atomic E-state index is 8.00. The van der Waals surface area contributed by atoms with Gasteiger partial charge in [-0.1, -0.05) is 6.08 Å². The van der Waals surface area contributed by atoms with Gasteiger partial charge in [0.1, 0.15) is 0 Å². The number of hydrogen-bond acceptors (Lipinski definition) is 1. The van der Waals surface area contributed by atoms with E-state index >= 15 is 0 Å². The number of rotatable bonds is 2. The van der Waals surface area contributed by atoms with Crippen LogP contribution in [0.4, 0.5) is 0 Å². The van der Waals surface area contributed by atoms with Crippen molar-refractivity contribution in [1.82, 2.24) is 0 Å². The standard InChI is InChI=1S/C4H8O.H2S/c1-2-3-4-5;/h2,5H,1,3-4H2;1H2. The van der Waals surface area contributed by atoms with Crippen LogP contribution in [0.1, 0.15) is 6.42 Å². The first kappa shape index (κ1) is 9.41. The third-order valence-corrected chi connectivity index (χ3v) is 0.333. The second kappa shape index (κ2) is 8.90. The molecule has 0 rings (SSSR count). The highest BCUT2D eigenvalue weighted by atomic mass is 32.1. The van der Waals surface area contributed by atoms with Crippen LogP contribution >= 0.6 is 13.5 Å². The van der Waals surface area contributed by atoms with Crippen LogP contribution in [0.5, 0.6) is 0 Å². The fraction of sp³-hybridized carbons (Fsp3) is 0.500. The summed E-state index contributed by atoms with van der Waals surface area (Å²) in [5, 5.41) is 8.00. The van der Waals surface area contributed by atoms with E-state index in [0.29, 0.717) is 6.42 Å². The van der Waals surface area contributed by atoms with Crippen molar-refractivity contribution in [3.05, 3.63) is 12.7 Å². The van der Waals surface area contributed by atoms with Crippen molar-refractivity contribution < 1.29 is 5.11 Å². The predicted molar refractivity (Wildman–Crippen MR) is 32.3 cm³/mol. The van der Waals surface area contributed by atoms with Gasteiger partial charge in [-0.05, 0) is 6.42 Å². The summed E-state index contributed by atoms with van der Waals surface area (Å²) in [4.78, 5) is 0. The van der Waals surface area contributed by atoms with E-state index in [1.54, 1.807) is 6.08 Å². The minimum Gasteiger partial charge on any atom is -0.396 e. The second-order valence-electron chi connectivity index (χ2n) is 0.801. The Morgan fingerprint density at radius 2 is 2.17 bits per heavy atom. The summed E-state index contributed by atoms with van der Waals surface area (Å²) < 4.78 is 0. The third kappa shape index (κ3) is 8.96. The van der Waals surface area contributed by atoms with Crippen LogP contribution < -0.4 is 0 Å². The van der Waals surface area contributed by atoms with Crippen molar-refractivity contribution in [3.8, 4) is 0 Å². The SMILES string of the molecule is C=CCCO.S. The van der Waals surface area contributed by atoms with Crippen LogP contribution in [-0.2, 0) is 0 Å². The average molecular weight is 106 g/mol. The molecule has 0 saturated heterocycles. The van der Waals surface area contributed by atoms with Gasteiger partial charge >= 0.3 is 0 Å². The maximum atomic E-state index is 8.00. The topological polar surface area (TPSA) is 20.2 Å². The molecule has 0 heterocycles. The molecule has 0 aliphatic rings. The van der Waals surface area contributed by atoms with Gasteiger partial charge in [0.2, 0.25) is 0 Å². The van der Waals surface area contributed by atoms with Crippen molar-refractivity contribution in [3.63, 3.8) is 0 Å². The summed E-state index contributed by atoms with van der Waals surface area (Å²) in [7, 11) is 0. The van der Waals surface area contributed by atoms with Gasteiger partial charge in [-0.15, -0.1) is 6.58 Å². The van der Waals surface area contributed by atoms with E-state index in [2.05, 4.69) is 6.58 Å². The van der Waals surface area contributed by atoms with Crippen molar-refractivity contribution in [2.24, 2.45) is 0 Å². The van der Waals surface area contributed by atoms with Gasteiger partial charge < -0.3 is 5.11 Å². The molecule has 1 N–H and O–H groups in total. The summed E-state index contributed by atoms with van der Waals surface area (Å²) >= 11 is 0. The summed E-state index contributed by atoms with van der Waals surface area (Å²) in [5.74, 6) is 0. The van der Waals surface area contributed by atoms with E-state index in [1.807, 2.05) is 0 Å². The van der Waals surface area contributed by atoms with E-state index in [9.17, 15) is 0 Å². The Morgan fingerprint density at radius 3 is 2.17 bits per heavy atom. The van der Waals surface area contributed by atoms with Gasteiger partial charge in [0, 0.05) is 6.61 Å². The van der Waals surface area contributed by atoms with E-state index < -0.39 is 0 Å². The molecule has 0 aliphatic carbocycles. The molecule has 0 aliphatic heterocycles. The number of hydrogen-bond donors (Lipinski definition) is 1. The van der Waals surface area contributed by atoms with Crippen molar-refractivity contribution >= 4 is 13.5 Å². The van der Waals surface area contributed by atoms with Gasteiger partial charge in [0.15, 0.2) is 0 Å². The zero-order chi connectivity index (χ0) is 4.12. The third-order valence-electron chi connectivity index (χ3n) is 0.333. The van der Waals surface area contributed by atoms with Crippen LogP contribution in [0.15, 0.2) is 12.7 Å². The van der Waals surface area contributed by atoms with E-state index in [0.717, 1.165) is 0 Å². The molecule has 0 amide bonds. The predicted octanol–water partition coefficient (Wildman–Crippen LogP) is 0.668. The molecule has 0 bridgehead atoms. The molecule has 0 spiro atoms. The van der Waals surface area contributed by atoms with Gasteiger partial charge in [0.05, 0.1) is 0 Å². The Hall–Kier alpha value is 0.0500. The minimum atomic E-state index is 0. The van der Waals surface area contributed by atoms with Crippen LogP contribution in [0.25, 0.3) is 0 Å². The maximum Gasteiger partial charge on any atom is 0.0465 e. The zero-order valence-corrected chi connectivity index (χ0v) is 4.65. The molecule has 0 aromatic heterocycles. The molecule has 0 atom stereocenters. The van der Waals surface area contributed by atoms with Gasteiger partial charge in [-0.2, -0.15) is 13.5 Å². The second-order valence-corrected chi connectivity index (χ2v) is 0.801. The normalized spacial score (nSPS) is 6.17. The first-order chi connectivity index (χ1) is 2.41. The highest BCUT2D eigenvalue weighted by Gasteiger charge is 1.62. The molecule has 38 valence electrons. The zero-order valence-electron chi connectivity index (χ0n) is 3.65. The van der Waals surface area contributed by atoms with Crippen molar-refractivity contribution in [2.45, 2.75) is 6.42 Å². The molecule has 0 saturated carbocycles. The van der Waals surface area contributed by atoms with E-state index in [-0.39, 0.29) is 20.1 Å².